The Morgan fingerprint density at radius 3 is 2.53 bits per heavy atom. The number of nitrogens with zero attached hydrogens (tertiary/aromatic N) is 4. The number of fused-ring (bicyclic) bond motifs is 4. The highest BCUT2D eigenvalue weighted by molar-refractivity contribution is 5.91. The van der Waals surface area contributed by atoms with Crippen LogP contribution < -0.4 is 10.9 Å². The lowest BCUT2D eigenvalue weighted by atomic mass is 9.83. The van der Waals surface area contributed by atoms with Crippen molar-refractivity contribution >= 4 is 11.8 Å². The van der Waals surface area contributed by atoms with Crippen LogP contribution in [0.3, 0.4) is 0 Å². The molecular formula is C26H29N5O5. The molecule has 0 saturated carbocycles. The summed E-state index contributed by atoms with van der Waals surface area (Å²) in [6.45, 7) is 2.95. The van der Waals surface area contributed by atoms with Crippen LogP contribution in [-0.4, -0.2) is 66.6 Å². The Morgan fingerprint density at radius 1 is 1.03 bits per heavy atom. The van der Waals surface area contributed by atoms with Crippen molar-refractivity contribution < 1.29 is 19.8 Å². The van der Waals surface area contributed by atoms with Crippen LogP contribution in [0, 0.1) is 5.92 Å². The molecule has 2 amide bonds. The number of aliphatic hydroxyl groups excluding tert-OH is 2. The van der Waals surface area contributed by atoms with Crippen molar-refractivity contribution in [3.63, 3.8) is 0 Å². The van der Waals surface area contributed by atoms with E-state index in [0.29, 0.717) is 19.6 Å². The van der Waals surface area contributed by atoms with Crippen molar-refractivity contribution in [1.82, 2.24) is 24.6 Å². The Bertz CT molecular complexity index is 1300. The van der Waals surface area contributed by atoms with Gasteiger partial charge < -0.3 is 25.0 Å². The topological polar surface area (TPSA) is 130 Å². The van der Waals surface area contributed by atoms with E-state index < -0.39 is 30.1 Å². The highest BCUT2D eigenvalue weighted by Gasteiger charge is 2.40. The number of piperidine rings is 1. The Labute approximate surface area is 207 Å². The predicted molar refractivity (Wildman–Crippen MR) is 130 cm³/mol. The van der Waals surface area contributed by atoms with Crippen molar-refractivity contribution in [2.45, 2.75) is 44.1 Å². The van der Waals surface area contributed by atoms with Gasteiger partial charge in [0.2, 0.25) is 0 Å². The molecule has 2 aromatic heterocycles. The van der Waals surface area contributed by atoms with Gasteiger partial charge in [-0.15, -0.1) is 0 Å². The smallest absolute Gasteiger partial charge is 0.254 e. The maximum absolute atomic E-state index is 13.0. The van der Waals surface area contributed by atoms with E-state index in [2.05, 4.69) is 10.4 Å². The number of carbonyl (C=O) groups is 2. The lowest BCUT2D eigenvalue weighted by molar-refractivity contribution is -0.155. The first-order chi connectivity index (χ1) is 17.3. The minimum atomic E-state index is -1.90. The van der Waals surface area contributed by atoms with Crippen LogP contribution in [0.1, 0.15) is 36.6 Å². The van der Waals surface area contributed by atoms with Gasteiger partial charge in [0.05, 0.1) is 11.7 Å². The number of nitrogens with one attached hydrogen (secondary N) is 1. The van der Waals surface area contributed by atoms with Crippen molar-refractivity contribution in [3.05, 3.63) is 82.5 Å². The van der Waals surface area contributed by atoms with E-state index in [-0.39, 0.29) is 17.4 Å². The Kier molecular flexibility index (Phi) is 6.46. The summed E-state index contributed by atoms with van der Waals surface area (Å²) in [7, 11) is 0. The molecule has 36 heavy (non-hydrogen) atoms. The third-order valence-electron chi connectivity index (χ3n) is 7.13. The molecule has 2 bridgehead atoms. The first-order valence-electron chi connectivity index (χ1n) is 12.1. The quantitative estimate of drug-likeness (QED) is 0.463. The summed E-state index contributed by atoms with van der Waals surface area (Å²) in [6, 6.07) is 13.9. The zero-order valence-electron chi connectivity index (χ0n) is 19.9. The van der Waals surface area contributed by atoms with Gasteiger partial charge in [-0.25, -0.2) is 4.68 Å². The zero-order chi connectivity index (χ0) is 25.4. The van der Waals surface area contributed by atoms with E-state index >= 15 is 0 Å². The molecule has 188 valence electrons. The van der Waals surface area contributed by atoms with Gasteiger partial charge >= 0.3 is 0 Å². The second-order valence-electron chi connectivity index (χ2n) is 9.60. The van der Waals surface area contributed by atoms with Crippen LogP contribution in [0.4, 0.5) is 0 Å². The van der Waals surface area contributed by atoms with Gasteiger partial charge in [0, 0.05) is 49.7 Å². The number of carbonyl (C=O) groups excluding carboxylic acids is 2. The van der Waals surface area contributed by atoms with E-state index in [9.17, 15) is 24.6 Å². The molecule has 4 heterocycles. The zero-order valence-corrected chi connectivity index (χ0v) is 19.9. The predicted octanol–water partition coefficient (Wildman–Crippen LogP) is 0.579. The fraction of sp³-hybridized carbons (Fsp3) is 0.385. The highest BCUT2D eigenvalue weighted by Crippen LogP contribution is 2.35. The monoisotopic (exact) mass is 491 g/mol. The molecule has 3 N–H and O–H groups in total. The number of likely N-dealkylation sites (tertiary alicyclic amines) is 1. The molecule has 10 nitrogen and oxygen atoms in total. The van der Waals surface area contributed by atoms with Gasteiger partial charge in [0.1, 0.15) is 0 Å². The van der Waals surface area contributed by atoms with E-state index in [1.54, 1.807) is 28.4 Å². The molecule has 1 fully saturated rings. The molecule has 0 aliphatic carbocycles. The number of pyridine rings is 1. The molecule has 2 aliphatic heterocycles. The molecule has 1 unspecified atom stereocenters. The summed E-state index contributed by atoms with van der Waals surface area (Å²) in [5, 5.41) is 27.9. The lowest BCUT2D eigenvalue weighted by Gasteiger charge is -2.43. The summed E-state index contributed by atoms with van der Waals surface area (Å²) in [6.07, 6.45) is 0.573. The van der Waals surface area contributed by atoms with Crippen LogP contribution in [0.15, 0.2) is 65.7 Å². The van der Waals surface area contributed by atoms with Crippen molar-refractivity contribution in [1.29, 1.82) is 0 Å². The van der Waals surface area contributed by atoms with Gasteiger partial charge in [-0.05, 0) is 49.1 Å². The highest BCUT2D eigenvalue weighted by atomic mass is 16.3. The molecule has 1 aromatic carbocycles. The fourth-order valence-electron chi connectivity index (χ4n) is 5.26. The number of aromatic nitrogens is 3. The molecular weight excluding hydrogens is 462 g/mol. The molecule has 0 spiro atoms. The maximum atomic E-state index is 13.0. The number of aliphatic hydroxyl groups is 2. The summed E-state index contributed by atoms with van der Waals surface area (Å²) < 4.78 is 3.47. The average Bonchev–Trinajstić information content (AvgIpc) is 3.43. The first kappa shape index (κ1) is 24.0. The van der Waals surface area contributed by atoms with Crippen molar-refractivity contribution in [2.24, 2.45) is 5.92 Å². The molecule has 0 radical (unpaired) electrons. The van der Waals surface area contributed by atoms with E-state index in [4.69, 9.17) is 0 Å². The number of hydrogen-bond acceptors (Lipinski definition) is 6. The lowest BCUT2D eigenvalue weighted by Crippen LogP contribution is -2.55. The minimum absolute atomic E-state index is 0.0294. The number of hydrogen-bond donors (Lipinski definition) is 3. The van der Waals surface area contributed by atoms with Gasteiger partial charge in [-0.3, -0.25) is 14.4 Å². The largest absolute Gasteiger partial charge is 0.380 e. The summed E-state index contributed by atoms with van der Waals surface area (Å²) >= 11 is 0. The normalized spacial score (nSPS) is 21.2. The third kappa shape index (κ3) is 4.57. The van der Waals surface area contributed by atoms with Gasteiger partial charge in [-0.2, -0.15) is 5.10 Å². The van der Waals surface area contributed by atoms with Crippen molar-refractivity contribution in [2.75, 3.05) is 13.1 Å². The standard InChI is InChI=1S/C26H29N5O5/c1-16(18-6-8-20(9-7-18)31-11-3-10-27-31)28-25(35)23(33)24(34)26(36)29-13-17-12-19(15-29)21-4-2-5-22(32)30(21)14-17/h2-11,16-17,19,23-24,33-34H,12-15H2,1H3,(H,28,35)/t16-,17-,19?,23-,24-/m1/s1. The van der Waals surface area contributed by atoms with Crippen molar-refractivity contribution in [3.8, 4) is 5.69 Å². The van der Waals surface area contributed by atoms with Crippen LogP contribution in [0.25, 0.3) is 5.69 Å². The average molecular weight is 492 g/mol. The summed E-state index contributed by atoms with van der Waals surface area (Å²) in [4.78, 5) is 39.4. The fourth-order valence-corrected chi connectivity index (χ4v) is 5.26. The first-order valence-corrected chi connectivity index (χ1v) is 12.1. The molecule has 1 saturated heterocycles. The third-order valence-corrected chi connectivity index (χ3v) is 7.13. The van der Waals surface area contributed by atoms with Gasteiger partial charge in [0.15, 0.2) is 12.2 Å². The van der Waals surface area contributed by atoms with Gasteiger partial charge in [0.25, 0.3) is 17.4 Å². The minimum Gasteiger partial charge on any atom is -0.380 e. The molecule has 3 aromatic rings. The number of amides is 2. The number of benzene rings is 1. The summed E-state index contributed by atoms with van der Waals surface area (Å²) in [5.74, 6) is -1.47. The van der Waals surface area contributed by atoms with E-state index in [0.717, 1.165) is 23.4 Å². The molecule has 5 rings (SSSR count). The second-order valence-corrected chi connectivity index (χ2v) is 9.60. The van der Waals surface area contributed by atoms with Crippen LogP contribution in [0.5, 0.6) is 0 Å². The van der Waals surface area contributed by atoms with Gasteiger partial charge in [-0.1, -0.05) is 18.2 Å². The molecule has 5 atom stereocenters. The molecule has 2 aliphatic rings. The second kappa shape index (κ2) is 9.71. The molecule has 10 heteroatoms. The maximum Gasteiger partial charge on any atom is 0.254 e. The van der Waals surface area contributed by atoms with E-state index in [1.165, 1.54) is 11.0 Å². The summed E-state index contributed by atoms with van der Waals surface area (Å²) in [5.41, 5.74) is 2.47. The Hall–Kier alpha value is -3.76. The SMILES string of the molecule is C[C@@H](NC(=O)[C@H](O)[C@@H](O)C(=O)N1CC2C[C@H](C1)Cn1c2cccc1=O)c1ccc(-n2cccn2)cc1. The van der Waals surface area contributed by atoms with Crippen LogP contribution in [-0.2, 0) is 16.1 Å². The number of rotatable bonds is 6. The Balaban J connectivity index is 1.20. The van der Waals surface area contributed by atoms with E-state index in [1.807, 2.05) is 42.6 Å². The van der Waals surface area contributed by atoms with Crippen LogP contribution >= 0.6 is 0 Å². The van der Waals surface area contributed by atoms with Crippen LogP contribution in [0.2, 0.25) is 0 Å². The Morgan fingerprint density at radius 2 is 1.81 bits per heavy atom.